The molecule has 0 aliphatic carbocycles. The molecule has 1 aromatic carbocycles. The van der Waals surface area contributed by atoms with Gasteiger partial charge in [-0.2, -0.15) is 0 Å². The van der Waals surface area contributed by atoms with Gasteiger partial charge >= 0.3 is 0 Å². The molecule has 0 unspecified atom stereocenters. The second-order valence-electron chi connectivity index (χ2n) is 5.97. The molecule has 4 rings (SSSR count). The summed E-state index contributed by atoms with van der Waals surface area (Å²) in [7, 11) is 0. The third kappa shape index (κ3) is 3.43. The molecule has 1 fully saturated rings. The summed E-state index contributed by atoms with van der Waals surface area (Å²) in [6.45, 7) is 1.92. The predicted molar refractivity (Wildman–Crippen MR) is 91.1 cm³/mol. The molecular formula is C17H18N6O2. The van der Waals surface area contributed by atoms with Crippen molar-refractivity contribution in [2.75, 3.05) is 18.4 Å². The smallest absolute Gasteiger partial charge is 0.277 e. The number of carbonyl (C=O) groups excluding carboxylic acids is 1. The van der Waals surface area contributed by atoms with Crippen LogP contribution >= 0.6 is 0 Å². The van der Waals surface area contributed by atoms with Crippen molar-refractivity contribution in [1.82, 2.24) is 25.3 Å². The number of hydrogen-bond donors (Lipinski definition) is 2. The van der Waals surface area contributed by atoms with Gasteiger partial charge in [-0.1, -0.05) is 17.3 Å². The summed E-state index contributed by atoms with van der Waals surface area (Å²) < 4.78 is 7.07. The summed E-state index contributed by atoms with van der Waals surface area (Å²) in [6, 6.07) is 7.68. The van der Waals surface area contributed by atoms with Crippen molar-refractivity contribution in [1.29, 1.82) is 0 Å². The normalized spacial score (nSPS) is 15.2. The summed E-state index contributed by atoms with van der Waals surface area (Å²) >= 11 is 0. The van der Waals surface area contributed by atoms with E-state index >= 15 is 0 Å². The molecule has 3 heterocycles. The highest BCUT2D eigenvalue weighted by Gasteiger charge is 2.19. The fraction of sp³-hybridized carbons (Fsp3) is 0.294. The number of aromatic nitrogens is 4. The van der Waals surface area contributed by atoms with Crippen LogP contribution in [-0.2, 0) is 0 Å². The van der Waals surface area contributed by atoms with E-state index in [2.05, 4.69) is 25.9 Å². The largest absolute Gasteiger partial charge is 0.444 e. The van der Waals surface area contributed by atoms with Gasteiger partial charge in [-0.15, -0.1) is 5.10 Å². The lowest BCUT2D eigenvalue weighted by Crippen LogP contribution is -2.29. The van der Waals surface area contributed by atoms with Crippen LogP contribution in [0.4, 0.5) is 5.69 Å². The molecular weight excluding hydrogens is 320 g/mol. The van der Waals surface area contributed by atoms with Crippen LogP contribution in [0.3, 0.4) is 0 Å². The van der Waals surface area contributed by atoms with E-state index < -0.39 is 0 Å². The molecule has 0 bridgehead atoms. The highest BCUT2D eigenvalue weighted by molar-refractivity contribution is 6.02. The number of carbonyl (C=O) groups is 1. The molecule has 1 amide bonds. The van der Waals surface area contributed by atoms with Gasteiger partial charge in [0.2, 0.25) is 0 Å². The summed E-state index contributed by atoms with van der Waals surface area (Å²) in [5.41, 5.74) is 1.81. The summed E-state index contributed by atoms with van der Waals surface area (Å²) in [5, 5.41) is 14.3. The molecule has 2 aromatic heterocycles. The number of oxazole rings is 1. The average molecular weight is 338 g/mol. The van der Waals surface area contributed by atoms with Gasteiger partial charge in [0.05, 0.1) is 18.4 Å². The van der Waals surface area contributed by atoms with Crippen molar-refractivity contribution in [2.24, 2.45) is 0 Å². The molecule has 1 saturated heterocycles. The van der Waals surface area contributed by atoms with Crippen molar-refractivity contribution < 1.29 is 9.21 Å². The van der Waals surface area contributed by atoms with Gasteiger partial charge in [-0.3, -0.25) is 4.79 Å². The topological polar surface area (TPSA) is 97.9 Å². The first-order valence-electron chi connectivity index (χ1n) is 8.22. The van der Waals surface area contributed by atoms with E-state index in [1.165, 1.54) is 6.39 Å². The van der Waals surface area contributed by atoms with Crippen LogP contribution in [0.25, 0.3) is 11.3 Å². The Morgan fingerprint density at radius 2 is 2.20 bits per heavy atom. The molecule has 25 heavy (non-hydrogen) atoms. The molecule has 3 aromatic rings. The van der Waals surface area contributed by atoms with E-state index in [0.717, 1.165) is 31.5 Å². The summed E-state index contributed by atoms with van der Waals surface area (Å²) in [5.74, 6) is 0.364. The van der Waals surface area contributed by atoms with Gasteiger partial charge in [0.25, 0.3) is 5.91 Å². The lowest BCUT2D eigenvalue weighted by Gasteiger charge is -2.22. The van der Waals surface area contributed by atoms with Crippen molar-refractivity contribution in [3.63, 3.8) is 0 Å². The van der Waals surface area contributed by atoms with Crippen molar-refractivity contribution in [3.8, 4) is 11.3 Å². The first-order valence-corrected chi connectivity index (χ1v) is 8.22. The molecule has 1 aliphatic heterocycles. The zero-order valence-corrected chi connectivity index (χ0v) is 13.6. The van der Waals surface area contributed by atoms with Crippen LogP contribution in [0, 0.1) is 0 Å². The predicted octanol–water partition coefficient (Wildman–Crippen LogP) is 2.11. The fourth-order valence-electron chi connectivity index (χ4n) is 2.93. The number of hydrogen-bond acceptors (Lipinski definition) is 6. The Bertz CT molecular complexity index is 852. The first-order chi connectivity index (χ1) is 12.3. The maximum atomic E-state index is 12.4. The number of amides is 1. The van der Waals surface area contributed by atoms with E-state index in [1.54, 1.807) is 17.1 Å². The van der Waals surface area contributed by atoms with Crippen LogP contribution in [0.5, 0.6) is 0 Å². The Kier molecular flexibility index (Phi) is 4.26. The number of nitrogens with one attached hydrogen (secondary N) is 2. The number of benzene rings is 1. The molecule has 0 spiro atoms. The number of nitrogens with zero attached hydrogens (tertiary/aromatic N) is 4. The van der Waals surface area contributed by atoms with Gasteiger partial charge in [-0.25, -0.2) is 9.67 Å². The van der Waals surface area contributed by atoms with Gasteiger partial charge in [0, 0.05) is 11.3 Å². The van der Waals surface area contributed by atoms with Crippen LogP contribution in [0.15, 0.2) is 47.5 Å². The molecule has 8 nitrogen and oxygen atoms in total. The van der Waals surface area contributed by atoms with Crippen LogP contribution < -0.4 is 10.6 Å². The van der Waals surface area contributed by atoms with Crippen molar-refractivity contribution in [2.45, 2.75) is 18.9 Å². The second kappa shape index (κ2) is 6.86. The van der Waals surface area contributed by atoms with Crippen molar-refractivity contribution >= 4 is 11.6 Å². The molecule has 1 aliphatic rings. The van der Waals surface area contributed by atoms with Crippen LogP contribution in [-0.4, -0.2) is 39.0 Å². The van der Waals surface area contributed by atoms with Crippen LogP contribution in [0.2, 0.25) is 0 Å². The lowest BCUT2D eigenvalue weighted by atomic mass is 10.1. The van der Waals surface area contributed by atoms with E-state index in [1.807, 2.05) is 24.3 Å². The van der Waals surface area contributed by atoms with E-state index in [4.69, 9.17) is 4.42 Å². The first kappa shape index (κ1) is 15.5. The maximum Gasteiger partial charge on any atom is 0.277 e. The van der Waals surface area contributed by atoms with Gasteiger partial charge < -0.3 is 15.1 Å². The third-order valence-corrected chi connectivity index (χ3v) is 4.26. The zero-order chi connectivity index (χ0) is 17.1. The zero-order valence-electron chi connectivity index (χ0n) is 13.6. The fourth-order valence-corrected chi connectivity index (χ4v) is 2.93. The highest BCUT2D eigenvalue weighted by Crippen LogP contribution is 2.22. The SMILES string of the molecule is O=C(Nc1cccc(-c2cnco2)c1)c1cn(C2CCNCC2)nn1. The standard InChI is InChI=1S/C17H18N6O2/c24-17(15-10-23(22-21-15)14-4-6-18-7-5-14)20-13-3-1-2-12(8-13)16-9-19-11-25-16/h1-3,8-11,14,18H,4-7H2,(H,20,24). The summed E-state index contributed by atoms with van der Waals surface area (Å²) in [6.07, 6.45) is 6.70. The minimum absolute atomic E-state index is 0.282. The Morgan fingerprint density at radius 1 is 1.32 bits per heavy atom. The molecule has 2 N–H and O–H groups in total. The lowest BCUT2D eigenvalue weighted by molar-refractivity contribution is 0.102. The quantitative estimate of drug-likeness (QED) is 0.756. The van der Waals surface area contributed by atoms with Gasteiger partial charge in [0.1, 0.15) is 0 Å². The summed E-state index contributed by atoms with van der Waals surface area (Å²) in [4.78, 5) is 16.3. The Balaban J connectivity index is 1.47. The second-order valence-corrected chi connectivity index (χ2v) is 5.97. The molecule has 8 heteroatoms. The van der Waals surface area contributed by atoms with Crippen LogP contribution in [0.1, 0.15) is 29.4 Å². The van der Waals surface area contributed by atoms with Gasteiger partial charge in [-0.05, 0) is 38.1 Å². The number of piperidine rings is 1. The Labute approximate surface area is 144 Å². The van der Waals surface area contributed by atoms with Gasteiger partial charge in [0.15, 0.2) is 17.8 Å². The third-order valence-electron chi connectivity index (χ3n) is 4.26. The molecule has 128 valence electrons. The molecule has 0 atom stereocenters. The van der Waals surface area contributed by atoms with Crippen molar-refractivity contribution in [3.05, 3.63) is 48.7 Å². The monoisotopic (exact) mass is 338 g/mol. The molecule has 0 radical (unpaired) electrons. The molecule has 0 saturated carbocycles. The number of anilines is 1. The highest BCUT2D eigenvalue weighted by atomic mass is 16.3. The van der Waals surface area contributed by atoms with E-state index in [0.29, 0.717) is 23.2 Å². The van der Waals surface area contributed by atoms with E-state index in [-0.39, 0.29) is 5.91 Å². The number of rotatable bonds is 4. The average Bonchev–Trinajstić information content (AvgIpc) is 3.35. The van der Waals surface area contributed by atoms with E-state index in [9.17, 15) is 4.79 Å². The minimum atomic E-state index is -0.282. The Hall–Kier alpha value is -3.00. The maximum absolute atomic E-state index is 12.4. The Morgan fingerprint density at radius 3 is 3.00 bits per heavy atom. The minimum Gasteiger partial charge on any atom is -0.444 e.